The van der Waals surface area contributed by atoms with E-state index in [-0.39, 0.29) is 28.7 Å². The highest BCUT2D eigenvalue weighted by atomic mass is 19.1. The summed E-state index contributed by atoms with van der Waals surface area (Å²) < 4.78 is 37.6. The zero-order chi connectivity index (χ0) is 26.9. The first kappa shape index (κ1) is 24.5. The predicted octanol–water partition coefficient (Wildman–Crippen LogP) is 5.27. The summed E-state index contributed by atoms with van der Waals surface area (Å²) in [6.07, 6.45) is 8.70. The van der Waals surface area contributed by atoms with Gasteiger partial charge in [0.2, 0.25) is 0 Å². The molecule has 1 saturated heterocycles. The van der Waals surface area contributed by atoms with Crippen LogP contribution in [0.4, 0.5) is 26.2 Å². The topological polar surface area (TPSA) is 125 Å². The molecular weight excluding hydrogens is 506 g/mol. The number of fused-ring (bicyclic) bond motifs is 1. The number of hydrogen-bond donors (Lipinski definition) is 3. The van der Waals surface area contributed by atoms with Crippen LogP contribution in [0.25, 0.3) is 17.0 Å². The van der Waals surface area contributed by atoms with Gasteiger partial charge in [0.25, 0.3) is 0 Å². The van der Waals surface area contributed by atoms with Gasteiger partial charge in [0.1, 0.15) is 24.3 Å². The van der Waals surface area contributed by atoms with E-state index in [2.05, 4.69) is 45.4 Å². The summed E-state index contributed by atoms with van der Waals surface area (Å²) in [5, 5.41) is 14.7. The number of benzene rings is 1. The largest absolute Gasteiger partial charge is 0.421 e. The van der Waals surface area contributed by atoms with Gasteiger partial charge in [-0.2, -0.15) is 20.2 Å². The van der Waals surface area contributed by atoms with Crippen molar-refractivity contribution in [3.8, 4) is 11.8 Å². The van der Waals surface area contributed by atoms with Crippen LogP contribution in [0.5, 0.6) is 11.8 Å². The Hall–Kier alpha value is -4.81. The number of anilines is 3. The molecule has 0 aliphatic carbocycles. The molecule has 11 nitrogen and oxygen atoms in total. The van der Waals surface area contributed by atoms with Crippen molar-refractivity contribution in [2.45, 2.75) is 32.7 Å². The molecule has 200 valence electrons. The third-order valence-electron chi connectivity index (χ3n) is 6.59. The van der Waals surface area contributed by atoms with E-state index in [1.807, 2.05) is 29.8 Å². The maximum absolute atomic E-state index is 15.3. The Morgan fingerprint density at radius 1 is 1.10 bits per heavy atom. The van der Waals surface area contributed by atoms with Crippen LogP contribution in [-0.4, -0.2) is 53.0 Å². The average molecular weight is 533 g/mol. The Bertz CT molecular complexity index is 1630. The first-order valence-electron chi connectivity index (χ1n) is 12.6. The molecule has 1 aromatic carbocycles. The van der Waals surface area contributed by atoms with Gasteiger partial charge in [-0.15, -0.1) is 0 Å². The summed E-state index contributed by atoms with van der Waals surface area (Å²) in [6.45, 7) is 5.04. The maximum Gasteiger partial charge on any atom is 0.326 e. The number of halogens is 2. The molecule has 5 aromatic rings. The fourth-order valence-electron chi connectivity index (χ4n) is 4.75. The number of ether oxygens (including phenoxy) is 1. The van der Waals surface area contributed by atoms with E-state index in [4.69, 9.17) is 4.74 Å². The Morgan fingerprint density at radius 2 is 1.95 bits per heavy atom. The lowest BCUT2D eigenvalue weighted by molar-refractivity contribution is 0.363. The third-order valence-corrected chi connectivity index (χ3v) is 6.59. The maximum atomic E-state index is 15.3. The van der Waals surface area contributed by atoms with Crippen molar-refractivity contribution in [1.29, 1.82) is 0 Å². The Balaban J connectivity index is 1.31. The number of aromatic nitrogens is 8. The monoisotopic (exact) mass is 532 g/mol. The fourth-order valence-corrected chi connectivity index (χ4v) is 4.75. The van der Waals surface area contributed by atoms with Gasteiger partial charge in [-0.05, 0) is 38.8 Å². The normalized spacial score (nSPS) is 14.5. The molecule has 4 aromatic heterocycles. The van der Waals surface area contributed by atoms with Crippen LogP contribution in [0.1, 0.15) is 37.2 Å². The second kappa shape index (κ2) is 10.2. The summed E-state index contributed by atoms with van der Waals surface area (Å²) in [5.74, 6) is -0.120. The summed E-state index contributed by atoms with van der Waals surface area (Å²) in [5.41, 5.74) is 1.53. The first-order chi connectivity index (χ1) is 19.0. The molecule has 1 aliphatic heterocycles. The van der Waals surface area contributed by atoms with Crippen LogP contribution in [0.3, 0.4) is 0 Å². The van der Waals surface area contributed by atoms with Crippen molar-refractivity contribution in [2.75, 3.05) is 23.3 Å². The van der Waals surface area contributed by atoms with E-state index in [9.17, 15) is 4.39 Å². The number of hydrogen-bond acceptors (Lipinski definition) is 8. The van der Waals surface area contributed by atoms with Crippen LogP contribution < -0.4 is 15.0 Å². The van der Waals surface area contributed by atoms with E-state index >= 15 is 4.39 Å². The molecular formula is C26H26F2N10O. The molecule has 0 radical (unpaired) electrons. The van der Waals surface area contributed by atoms with E-state index < -0.39 is 11.6 Å². The molecule has 0 bridgehead atoms. The number of nitrogens with zero attached hydrogens (tertiary/aromatic N) is 7. The Morgan fingerprint density at radius 3 is 2.72 bits per heavy atom. The molecule has 39 heavy (non-hydrogen) atoms. The summed E-state index contributed by atoms with van der Waals surface area (Å²) in [4.78, 5) is 17.9. The number of H-pyrrole nitrogens is 2. The second-order valence-corrected chi connectivity index (χ2v) is 9.33. The second-order valence-electron chi connectivity index (χ2n) is 9.33. The third kappa shape index (κ3) is 5.02. The predicted molar refractivity (Wildman–Crippen MR) is 142 cm³/mol. The Kier molecular flexibility index (Phi) is 6.39. The van der Waals surface area contributed by atoms with Gasteiger partial charge in [-0.3, -0.25) is 5.10 Å². The van der Waals surface area contributed by atoms with Crippen molar-refractivity contribution in [3.63, 3.8) is 0 Å². The number of allylic oxidation sites excluding steroid dienone is 1. The van der Waals surface area contributed by atoms with Gasteiger partial charge in [-0.1, -0.05) is 6.08 Å². The molecule has 0 atom stereocenters. The lowest BCUT2D eigenvalue weighted by Gasteiger charge is -2.32. The summed E-state index contributed by atoms with van der Waals surface area (Å²) >= 11 is 0. The molecule has 1 fully saturated rings. The lowest BCUT2D eigenvalue weighted by Crippen LogP contribution is -2.35. The fraction of sp³-hybridized carbons (Fsp3) is 0.269. The van der Waals surface area contributed by atoms with Crippen LogP contribution >= 0.6 is 0 Å². The number of aryl methyl sites for hydroxylation is 1. The molecule has 6 rings (SSSR count). The van der Waals surface area contributed by atoms with Gasteiger partial charge in [0.15, 0.2) is 23.2 Å². The van der Waals surface area contributed by atoms with E-state index in [1.165, 1.54) is 12.4 Å². The minimum Gasteiger partial charge on any atom is -0.421 e. The highest BCUT2D eigenvalue weighted by Crippen LogP contribution is 2.34. The number of nitrogens with one attached hydrogen (secondary N) is 3. The molecule has 0 unspecified atom stereocenters. The molecule has 1 aliphatic rings. The smallest absolute Gasteiger partial charge is 0.326 e. The van der Waals surface area contributed by atoms with Crippen molar-refractivity contribution < 1.29 is 13.5 Å². The zero-order valence-electron chi connectivity index (χ0n) is 21.3. The summed E-state index contributed by atoms with van der Waals surface area (Å²) in [6, 6.07) is 6.25. The SMILES string of the molecule is C/C=C/c1cc(Nc2cc(N3CCC(n4cncn4)CC3)nc(Oc3cc(F)c4[nH]c(C)cc4c3F)n2)n[nH]1. The number of piperidine rings is 1. The van der Waals surface area contributed by atoms with E-state index in [0.717, 1.165) is 24.6 Å². The highest BCUT2D eigenvalue weighted by molar-refractivity contribution is 5.83. The molecule has 0 spiro atoms. The first-order valence-corrected chi connectivity index (χ1v) is 12.6. The van der Waals surface area contributed by atoms with Gasteiger partial charge in [0.05, 0.1) is 17.3 Å². The summed E-state index contributed by atoms with van der Waals surface area (Å²) in [7, 11) is 0. The standard InChI is InChI=1S/C26H26F2N10O/c1-3-4-16-10-22(36-35-16)32-21-12-23(37-7-5-17(6-8-37)38-14-29-13-30-38)34-26(33-21)39-20-11-19(27)25-18(24(20)28)9-15(2)31-25/h3-4,9-14,17,31H,5-8H2,1-2H3,(H2,32,33,34,35,36)/b4-3+. The number of aromatic amines is 2. The number of rotatable bonds is 7. The van der Waals surface area contributed by atoms with Crippen LogP contribution in [0, 0.1) is 18.6 Å². The van der Waals surface area contributed by atoms with Gasteiger partial charge in [-0.25, -0.2) is 18.4 Å². The van der Waals surface area contributed by atoms with Crippen LogP contribution in [0.2, 0.25) is 0 Å². The van der Waals surface area contributed by atoms with E-state index in [1.54, 1.807) is 19.3 Å². The molecule has 0 amide bonds. The van der Waals surface area contributed by atoms with Gasteiger partial charge in [0, 0.05) is 42.4 Å². The van der Waals surface area contributed by atoms with Crippen LogP contribution in [-0.2, 0) is 0 Å². The molecule has 13 heteroatoms. The quantitative estimate of drug-likeness (QED) is 0.259. The lowest BCUT2D eigenvalue weighted by atomic mass is 10.1. The molecule has 0 saturated carbocycles. The molecule has 3 N–H and O–H groups in total. The minimum absolute atomic E-state index is 0.0834. The van der Waals surface area contributed by atoms with Crippen LogP contribution in [0.15, 0.2) is 43.0 Å². The average Bonchev–Trinajstić information content (AvgIpc) is 3.69. The highest BCUT2D eigenvalue weighted by Gasteiger charge is 2.24. The molecule has 5 heterocycles. The van der Waals surface area contributed by atoms with Crippen molar-refractivity contribution in [1.82, 2.24) is 39.9 Å². The van der Waals surface area contributed by atoms with Crippen molar-refractivity contribution >= 4 is 34.4 Å². The zero-order valence-corrected chi connectivity index (χ0v) is 21.3. The van der Waals surface area contributed by atoms with Crippen molar-refractivity contribution in [2.24, 2.45) is 0 Å². The van der Waals surface area contributed by atoms with E-state index in [0.29, 0.717) is 36.2 Å². The van der Waals surface area contributed by atoms with Crippen molar-refractivity contribution in [3.05, 3.63) is 66.0 Å². The Labute approximate surface area is 222 Å². The minimum atomic E-state index is -0.698. The van der Waals surface area contributed by atoms with Gasteiger partial charge < -0.3 is 19.9 Å². The van der Waals surface area contributed by atoms with Gasteiger partial charge >= 0.3 is 6.01 Å².